The molecule has 7 nitrogen and oxygen atoms in total. The molecule has 0 fully saturated rings. The van der Waals surface area contributed by atoms with Crippen molar-refractivity contribution in [1.29, 1.82) is 0 Å². The Kier molecular flexibility index (Phi) is 4.27. The van der Waals surface area contributed by atoms with Crippen molar-refractivity contribution in [1.82, 2.24) is 9.29 Å². The highest BCUT2D eigenvalue weighted by Crippen LogP contribution is 2.39. The highest BCUT2D eigenvalue weighted by molar-refractivity contribution is 7.89. The molecule has 3 aromatic rings. The molecule has 0 aliphatic carbocycles. The molecule has 28 heavy (non-hydrogen) atoms. The summed E-state index contributed by atoms with van der Waals surface area (Å²) in [5.41, 5.74) is 6.78. The molecule has 10 heteroatoms. The first-order chi connectivity index (χ1) is 13.2. The number of aliphatic imine (C=N–C) groups is 1. The van der Waals surface area contributed by atoms with Crippen LogP contribution in [0.2, 0.25) is 0 Å². The first-order valence-electron chi connectivity index (χ1n) is 8.29. The lowest BCUT2D eigenvalue weighted by atomic mass is 10.00. The zero-order valence-electron chi connectivity index (χ0n) is 15.1. The molecule has 0 bridgehead atoms. The van der Waals surface area contributed by atoms with Gasteiger partial charge in [0.1, 0.15) is 11.4 Å². The molecule has 0 saturated heterocycles. The van der Waals surface area contributed by atoms with E-state index in [1.54, 1.807) is 13.0 Å². The number of benzene rings is 1. The number of halogens is 1. The molecule has 0 saturated carbocycles. The third kappa shape index (κ3) is 3.18. The third-order valence-corrected chi connectivity index (χ3v) is 7.77. The summed E-state index contributed by atoms with van der Waals surface area (Å²) in [5, 5.41) is 1.84. The van der Waals surface area contributed by atoms with Crippen LogP contribution in [0.3, 0.4) is 0 Å². The van der Waals surface area contributed by atoms with E-state index in [4.69, 9.17) is 10.2 Å². The topological polar surface area (TPSA) is 102 Å². The maximum atomic E-state index is 14.2. The van der Waals surface area contributed by atoms with Gasteiger partial charge in [0.2, 0.25) is 16.0 Å². The van der Waals surface area contributed by atoms with Crippen molar-refractivity contribution in [2.45, 2.75) is 12.5 Å². The quantitative estimate of drug-likeness (QED) is 0.702. The summed E-state index contributed by atoms with van der Waals surface area (Å²) in [6, 6.07) is 6.40. The van der Waals surface area contributed by atoms with Crippen LogP contribution in [0.4, 0.5) is 4.39 Å². The number of thiophene rings is 1. The molecule has 1 atom stereocenters. The van der Waals surface area contributed by atoms with Gasteiger partial charge in [-0.3, -0.25) is 0 Å². The van der Waals surface area contributed by atoms with Crippen LogP contribution in [0.1, 0.15) is 11.8 Å². The van der Waals surface area contributed by atoms with Gasteiger partial charge in [-0.15, -0.1) is 11.3 Å². The van der Waals surface area contributed by atoms with E-state index in [1.165, 1.54) is 43.1 Å². The van der Waals surface area contributed by atoms with Crippen molar-refractivity contribution < 1.29 is 17.2 Å². The lowest BCUT2D eigenvalue weighted by Crippen LogP contribution is -2.50. The van der Waals surface area contributed by atoms with Crippen molar-refractivity contribution in [2.24, 2.45) is 10.7 Å². The predicted octanol–water partition coefficient (Wildman–Crippen LogP) is 3.01. The van der Waals surface area contributed by atoms with Gasteiger partial charge in [-0.2, -0.15) is 0 Å². The minimum Gasteiger partial charge on any atom is -0.444 e. The molecule has 1 aliphatic rings. The van der Waals surface area contributed by atoms with Gasteiger partial charge < -0.3 is 10.2 Å². The van der Waals surface area contributed by atoms with E-state index in [2.05, 4.69) is 9.98 Å². The SMILES string of the molecule is CN1C(N)=NC(C)(c2cc(-c3cc(F)cc(-c4cnco4)c3)cs2)CS1(=O)=O. The highest BCUT2D eigenvalue weighted by Gasteiger charge is 2.41. The number of nitrogens with two attached hydrogens (primary N) is 1. The number of sulfonamides is 1. The van der Waals surface area contributed by atoms with Crippen LogP contribution in [-0.2, 0) is 15.6 Å². The minimum atomic E-state index is -3.56. The van der Waals surface area contributed by atoms with E-state index >= 15 is 0 Å². The summed E-state index contributed by atoms with van der Waals surface area (Å²) in [6.07, 6.45) is 2.80. The van der Waals surface area contributed by atoms with Gasteiger partial charge in [-0.1, -0.05) is 0 Å². The van der Waals surface area contributed by atoms with E-state index in [1.807, 2.05) is 11.4 Å². The van der Waals surface area contributed by atoms with Crippen LogP contribution in [0.5, 0.6) is 0 Å². The molecule has 1 aliphatic heterocycles. The highest BCUT2D eigenvalue weighted by atomic mass is 32.2. The molecular formula is C18H17FN4O3S2. The first kappa shape index (κ1) is 18.6. The Morgan fingerprint density at radius 1 is 1.25 bits per heavy atom. The number of hydrogen-bond donors (Lipinski definition) is 1. The summed E-state index contributed by atoms with van der Waals surface area (Å²) in [4.78, 5) is 8.98. The van der Waals surface area contributed by atoms with Crippen LogP contribution < -0.4 is 5.73 Å². The molecule has 0 spiro atoms. The maximum Gasteiger partial charge on any atom is 0.239 e. The number of oxazole rings is 1. The fourth-order valence-corrected chi connectivity index (χ4v) is 5.67. The average molecular weight is 420 g/mol. The van der Waals surface area contributed by atoms with Crippen LogP contribution in [0.25, 0.3) is 22.5 Å². The summed E-state index contributed by atoms with van der Waals surface area (Å²) in [5.74, 6) is -0.195. The number of guanidine groups is 1. The second-order valence-electron chi connectivity index (χ2n) is 6.76. The van der Waals surface area contributed by atoms with Gasteiger partial charge >= 0.3 is 0 Å². The molecule has 146 valence electrons. The van der Waals surface area contributed by atoms with Crippen molar-refractivity contribution >= 4 is 27.3 Å². The fraction of sp³-hybridized carbons (Fsp3) is 0.222. The standard InChI is InChI=1S/C18H17FN4O3S2/c1-18(9-28(24,25)23(2)17(20)22-18)16-6-13(8-27-16)11-3-12(5-14(19)4-11)15-7-21-10-26-15/h3-8,10H,9H2,1-2H3,(H2,20,22). The average Bonchev–Trinajstić information content (AvgIpc) is 3.31. The first-order valence-corrected chi connectivity index (χ1v) is 10.8. The normalized spacial score (nSPS) is 21.5. The Morgan fingerprint density at radius 3 is 2.68 bits per heavy atom. The van der Waals surface area contributed by atoms with Gasteiger partial charge in [0.15, 0.2) is 12.2 Å². The van der Waals surface area contributed by atoms with Crippen LogP contribution >= 0.6 is 11.3 Å². The van der Waals surface area contributed by atoms with Crippen LogP contribution in [-0.4, -0.2) is 36.5 Å². The Bertz CT molecular complexity index is 1170. The smallest absolute Gasteiger partial charge is 0.239 e. The molecular weight excluding hydrogens is 403 g/mol. The van der Waals surface area contributed by atoms with Gasteiger partial charge in [0, 0.05) is 17.5 Å². The number of nitrogens with zero attached hydrogens (tertiary/aromatic N) is 3. The van der Waals surface area contributed by atoms with Crippen LogP contribution in [0, 0.1) is 5.82 Å². The number of hydrogen-bond acceptors (Lipinski definition) is 7. The van der Waals surface area contributed by atoms with Crippen LogP contribution in [0.15, 0.2) is 51.6 Å². The minimum absolute atomic E-state index is 0.0536. The summed E-state index contributed by atoms with van der Waals surface area (Å²) < 4.78 is 45.2. The molecule has 1 aromatic carbocycles. The third-order valence-electron chi connectivity index (χ3n) is 4.64. The summed E-state index contributed by atoms with van der Waals surface area (Å²) in [6.45, 7) is 1.73. The molecule has 3 heterocycles. The monoisotopic (exact) mass is 420 g/mol. The second-order valence-corrected chi connectivity index (χ2v) is 9.67. The molecule has 2 aromatic heterocycles. The maximum absolute atomic E-state index is 14.2. The predicted molar refractivity (Wildman–Crippen MR) is 106 cm³/mol. The fourth-order valence-electron chi connectivity index (χ4n) is 3.10. The molecule has 0 amide bonds. The van der Waals surface area contributed by atoms with Gasteiger partial charge in [-0.05, 0) is 47.7 Å². The largest absolute Gasteiger partial charge is 0.444 e. The van der Waals surface area contributed by atoms with Crippen molar-refractivity contribution in [2.75, 3.05) is 12.8 Å². The molecule has 0 radical (unpaired) electrons. The molecule has 4 rings (SSSR count). The van der Waals surface area contributed by atoms with Gasteiger partial charge in [0.05, 0.1) is 11.9 Å². The molecule has 1 unspecified atom stereocenters. The van der Waals surface area contributed by atoms with E-state index in [0.717, 1.165) is 14.7 Å². The zero-order chi connectivity index (χ0) is 20.1. The molecule has 2 N–H and O–H groups in total. The lowest BCUT2D eigenvalue weighted by molar-refractivity contribution is 0.482. The Morgan fingerprint density at radius 2 is 2.00 bits per heavy atom. The van der Waals surface area contributed by atoms with Crippen molar-refractivity contribution in [3.05, 3.63) is 52.9 Å². The second kappa shape index (κ2) is 6.42. The number of rotatable bonds is 3. The van der Waals surface area contributed by atoms with Gasteiger partial charge in [0.25, 0.3) is 0 Å². The van der Waals surface area contributed by atoms with Crippen molar-refractivity contribution in [3.8, 4) is 22.5 Å². The Labute approximate surface area is 165 Å². The van der Waals surface area contributed by atoms with E-state index in [-0.39, 0.29) is 11.7 Å². The summed E-state index contributed by atoms with van der Waals surface area (Å²) >= 11 is 1.36. The number of aromatic nitrogens is 1. The van der Waals surface area contributed by atoms with E-state index in [0.29, 0.717) is 16.9 Å². The van der Waals surface area contributed by atoms with E-state index < -0.39 is 21.4 Å². The summed E-state index contributed by atoms with van der Waals surface area (Å²) in [7, 11) is -2.18. The van der Waals surface area contributed by atoms with E-state index in [9.17, 15) is 12.8 Å². The zero-order valence-corrected chi connectivity index (χ0v) is 16.7. The lowest BCUT2D eigenvalue weighted by Gasteiger charge is -2.33. The Hall–Kier alpha value is -2.72. The Balaban J connectivity index is 1.75. The van der Waals surface area contributed by atoms with Gasteiger partial charge in [-0.25, -0.2) is 27.1 Å². The van der Waals surface area contributed by atoms with Crippen molar-refractivity contribution in [3.63, 3.8) is 0 Å².